The van der Waals surface area contributed by atoms with Crippen LogP contribution in [0.25, 0.3) is 10.4 Å². The lowest BCUT2D eigenvalue weighted by Gasteiger charge is -2.18. The maximum absolute atomic E-state index is 12.8. The highest BCUT2D eigenvalue weighted by atomic mass is 32.1. The van der Waals surface area contributed by atoms with Crippen molar-refractivity contribution in [3.63, 3.8) is 0 Å². The van der Waals surface area contributed by atoms with Crippen LogP contribution in [0, 0.1) is 6.92 Å². The molecular weight excluding hydrogens is 372 g/mol. The second-order valence-corrected chi connectivity index (χ2v) is 8.01. The molecule has 0 aliphatic carbocycles. The van der Waals surface area contributed by atoms with Crippen LogP contribution in [0.5, 0.6) is 5.75 Å². The van der Waals surface area contributed by atoms with Crippen LogP contribution in [-0.4, -0.2) is 34.6 Å². The fourth-order valence-corrected chi connectivity index (χ4v) is 4.14. The molecule has 1 aliphatic rings. The summed E-state index contributed by atoms with van der Waals surface area (Å²) in [6.45, 7) is 3.05. The zero-order chi connectivity index (χ0) is 19.7. The maximum Gasteiger partial charge on any atom is 0.254 e. The van der Waals surface area contributed by atoms with Crippen LogP contribution in [0.4, 0.5) is 0 Å². The third-order valence-corrected chi connectivity index (χ3v) is 6.07. The Balaban J connectivity index is 1.41. The molecule has 1 aliphatic heterocycles. The maximum atomic E-state index is 12.8. The summed E-state index contributed by atoms with van der Waals surface area (Å²) in [6, 6.07) is 15.2. The molecule has 144 valence electrons. The topological polar surface area (TPSA) is 51.5 Å². The second-order valence-electron chi connectivity index (χ2n) is 7.06. The van der Waals surface area contributed by atoms with E-state index in [1.54, 1.807) is 23.0 Å². The molecule has 3 aromatic rings. The highest BCUT2D eigenvalue weighted by Gasteiger charge is 2.28. The van der Waals surface area contributed by atoms with Crippen LogP contribution < -0.4 is 10.3 Å². The fraction of sp³-hybridized carbons (Fsp3) is 0.273. The molecule has 0 N–H and O–H groups in total. The van der Waals surface area contributed by atoms with Gasteiger partial charge >= 0.3 is 0 Å². The average molecular weight is 394 g/mol. The summed E-state index contributed by atoms with van der Waals surface area (Å²) in [5.74, 6) is 0.587. The van der Waals surface area contributed by atoms with Crippen molar-refractivity contribution in [3.05, 3.63) is 75.5 Å². The number of benzene rings is 1. The first kappa shape index (κ1) is 18.5. The predicted molar refractivity (Wildman–Crippen MR) is 111 cm³/mol. The Morgan fingerprint density at radius 3 is 2.64 bits per heavy atom. The molecule has 4 rings (SSSR count). The zero-order valence-electron chi connectivity index (χ0n) is 15.9. The fourth-order valence-electron chi connectivity index (χ4n) is 3.41. The minimum atomic E-state index is -0.0964. The van der Waals surface area contributed by atoms with Gasteiger partial charge < -0.3 is 14.2 Å². The minimum Gasteiger partial charge on any atom is -0.488 e. The molecule has 0 spiro atoms. The van der Waals surface area contributed by atoms with Gasteiger partial charge in [-0.05, 0) is 42.1 Å². The van der Waals surface area contributed by atoms with Crippen molar-refractivity contribution >= 4 is 17.2 Å². The molecule has 3 heterocycles. The van der Waals surface area contributed by atoms with Crippen molar-refractivity contribution in [2.75, 3.05) is 13.1 Å². The SMILES string of the molecule is Cc1cc(O[C@@H]2CCN(C(=O)c3ccc(-c4cccs4)cc3)C2)cc(=O)n1C. The van der Waals surface area contributed by atoms with Crippen molar-refractivity contribution in [1.82, 2.24) is 9.47 Å². The first-order valence-corrected chi connectivity index (χ1v) is 10.2. The van der Waals surface area contributed by atoms with E-state index >= 15 is 0 Å². The lowest BCUT2D eigenvalue weighted by atomic mass is 10.1. The third-order valence-electron chi connectivity index (χ3n) is 5.15. The van der Waals surface area contributed by atoms with E-state index < -0.39 is 0 Å². The number of thiophene rings is 1. The number of ether oxygens (including phenoxy) is 1. The predicted octanol–water partition coefficient (Wildman–Crippen LogP) is 3.72. The van der Waals surface area contributed by atoms with Crippen LogP contribution in [0.2, 0.25) is 0 Å². The molecule has 6 heteroatoms. The number of aromatic nitrogens is 1. The number of pyridine rings is 1. The van der Waals surface area contributed by atoms with Gasteiger partial charge in [-0.3, -0.25) is 9.59 Å². The third kappa shape index (κ3) is 3.73. The summed E-state index contributed by atoms with van der Waals surface area (Å²) in [7, 11) is 1.74. The van der Waals surface area contributed by atoms with Crippen molar-refractivity contribution in [1.29, 1.82) is 0 Å². The van der Waals surface area contributed by atoms with Crippen LogP contribution >= 0.6 is 11.3 Å². The molecule has 1 saturated heterocycles. The summed E-state index contributed by atoms with van der Waals surface area (Å²) in [5, 5.41) is 2.04. The first-order valence-electron chi connectivity index (χ1n) is 9.29. The van der Waals surface area contributed by atoms with Crippen molar-refractivity contribution in [3.8, 4) is 16.2 Å². The summed E-state index contributed by atoms with van der Waals surface area (Å²) in [5.41, 5.74) is 2.56. The van der Waals surface area contributed by atoms with Crippen LogP contribution in [0.15, 0.2) is 58.7 Å². The normalized spacial score (nSPS) is 16.4. The Morgan fingerprint density at radius 1 is 1.18 bits per heavy atom. The smallest absolute Gasteiger partial charge is 0.254 e. The van der Waals surface area contributed by atoms with Gasteiger partial charge in [0.15, 0.2) is 0 Å². The number of rotatable bonds is 4. The largest absolute Gasteiger partial charge is 0.488 e. The van der Waals surface area contributed by atoms with Crippen LogP contribution in [0.1, 0.15) is 22.5 Å². The summed E-state index contributed by atoms with van der Waals surface area (Å²) in [6.07, 6.45) is 0.661. The van der Waals surface area contributed by atoms with Crippen molar-refractivity contribution in [2.45, 2.75) is 19.4 Å². The van der Waals surface area contributed by atoms with E-state index in [2.05, 4.69) is 6.07 Å². The van der Waals surface area contributed by atoms with E-state index in [0.29, 0.717) is 24.4 Å². The Morgan fingerprint density at radius 2 is 1.96 bits per heavy atom. The van der Waals surface area contributed by atoms with Gasteiger partial charge in [0.25, 0.3) is 11.5 Å². The highest BCUT2D eigenvalue weighted by molar-refractivity contribution is 7.13. The van der Waals surface area contributed by atoms with Gasteiger partial charge in [0, 0.05) is 42.2 Å². The number of hydrogen-bond donors (Lipinski definition) is 0. The van der Waals surface area contributed by atoms with E-state index in [4.69, 9.17) is 4.74 Å². The molecule has 0 saturated carbocycles. The molecule has 28 heavy (non-hydrogen) atoms. The summed E-state index contributed by atoms with van der Waals surface area (Å²) >= 11 is 1.68. The Bertz CT molecular complexity index is 1040. The minimum absolute atomic E-state index is 0.0176. The number of hydrogen-bond acceptors (Lipinski definition) is 4. The summed E-state index contributed by atoms with van der Waals surface area (Å²) in [4.78, 5) is 27.7. The van der Waals surface area contributed by atoms with Crippen LogP contribution in [-0.2, 0) is 7.05 Å². The van der Waals surface area contributed by atoms with E-state index in [-0.39, 0.29) is 17.6 Å². The number of aryl methyl sites for hydroxylation is 1. The van der Waals surface area contributed by atoms with E-state index in [1.165, 1.54) is 10.9 Å². The Kier molecular flexibility index (Phi) is 5.05. The molecule has 0 bridgehead atoms. The number of amides is 1. The summed E-state index contributed by atoms with van der Waals surface area (Å²) < 4.78 is 7.55. The standard InChI is InChI=1S/C22H22N2O3S/c1-15-12-19(13-21(25)23(15)2)27-18-9-10-24(14-18)22(26)17-7-5-16(6-8-17)20-4-3-11-28-20/h3-8,11-13,18H,9-10,14H2,1-2H3/t18-/m1/s1. The van der Waals surface area contributed by atoms with E-state index in [1.807, 2.05) is 53.6 Å². The first-order chi connectivity index (χ1) is 13.5. The van der Waals surface area contributed by atoms with Gasteiger partial charge in [-0.2, -0.15) is 0 Å². The molecule has 2 aromatic heterocycles. The molecule has 5 nitrogen and oxygen atoms in total. The number of carbonyl (C=O) groups is 1. The van der Waals surface area contributed by atoms with Gasteiger partial charge in [-0.15, -0.1) is 11.3 Å². The molecule has 1 aromatic carbocycles. The molecular formula is C22H22N2O3S. The van der Waals surface area contributed by atoms with Gasteiger partial charge in [0.1, 0.15) is 11.9 Å². The molecule has 0 unspecified atom stereocenters. The van der Waals surface area contributed by atoms with Gasteiger partial charge in [0.2, 0.25) is 0 Å². The van der Waals surface area contributed by atoms with E-state index in [9.17, 15) is 9.59 Å². The molecule has 0 radical (unpaired) electrons. The quantitative estimate of drug-likeness (QED) is 0.678. The second kappa shape index (κ2) is 7.64. The Hall–Kier alpha value is -2.86. The highest BCUT2D eigenvalue weighted by Crippen LogP contribution is 2.25. The van der Waals surface area contributed by atoms with Crippen molar-refractivity contribution in [2.24, 2.45) is 7.05 Å². The lowest BCUT2D eigenvalue weighted by molar-refractivity contribution is 0.0772. The zero-order valence-corrected chi connectivity index (χ0v) is 16.7. The van der Waals surface area contributed by atoms with Crippen molar-refractivity contribution < 1.29 is 9.53 Å². The molecule has 1 fully saturated rings. The number of carbonyl (C=O) groups excluding carboxylic acids is 1. The number of likely N-dealkylation sites (tertiary alicyclic amines) is 1. The van der Waals surface area contributed by atoms with E-state index in [0.717, 1.165) is 17.7 Å². The number of nitrogens with zero attached hydrogens (tertiary/aromatic N) is 2. The molecule has 1 amide bonds. The van der Waals surface area contributed by atoms with Gasteiger partial charge in [-0.25, -0.2) is 0 Å². The Labute approximate surface area is 167 Å². The molecule has 1 atom stereocenters. The monoisotopic (exact) mass is 394 g/mol. The lowest BCUT2D eigenvalue weighted by Crippen LogP contribution is -2.31. The van der Waals surface area contributed by atoms with Gasteiger partial charge in [0.05, 0.1) is 6.54 Å². The van der Waals surface area contributed by atoms with Gasteiger partial charge in [-0.1, -0.05) is 18.2 Å². The average Bonchev–Trinajstić information content (AvgIpc) is 3.38. The van der Waals surface area contributed by atoms with Crippen LogP contribution in [0.3, 0.4) is 0 Å².